The number of benzene rings is 1. The van der Waals surface area contributed by atoms with Crippen LogP contribution < -0.4 is 0 Å². The van der Waals surface area contributed by atoms with Gasteiger partial charge in [-0.2, -0.15) is 0 Å². The molecule has 19 heavy (non-hydrogen) atoms. The Hall–Kier alpha value is -1.09. The molecule has 0 radical (unpaired) electrons. The maximum Gasteiger partial charge on any atom is 0.254 e. The topological polar surface area (TPSA) is 20.3 Å². The third kappa shape index (κ3) is 3.27. The lowest BCUT2D eigenvalue weighted by atomic mass is 10.1. The van der Waals surface area contributed by atoms with E-state index in [2.05, 4.69) is 0 Å². The summed E-state index contributed by atoms with van der Waals surface area (Å²) in [6.07, 6.45) is 3.97. The number of aryl methyl sites for hydroxylation is 1. The highest BCUT2D eigenvalue weighted by Crippen LogP contribution is 2.25. The maximum atomic E-state index is 13.1. The fourth-order valence-electron chi connectivity index (χ4n) is 2.74. The Morgan fingerprint density at radius 1 is 1.53 bits per heavy atom. The maximum absolute atomic E-state index is 13.1. The van der Waals surface area contributed by atoms with Gasteiger partial charge in [-0.1, -0.05) is 0 Å². The van der Waals surface area contributed by atoms with Crippen molar-refractivity contribution in [1.29, 1.82) is 0 Å². The zero-order valence-electron chi connectivity index (χ0n) is 11.2. The number of alkyl halides is 1. The molecule has 0 aromatic heterocycles. The van der Waals surface area contributed by atoms with Crippen LogP contribution in [0, 0.1) is 12.7 Å². The molecule has 2 rings (SSSR count). The van der Waals surface area contributed by atoms with Gasteiger partial charge in [0.05, 0.1) is 0 Å². The average molecular weight is 284 g/mol. The van der Waals surface area contributed by atoms with Crippen LogP contribution in [0.2, 0.25) is 0 Å². The summed E-state index contributed by atoms with van der Waals surface area (Å²) < 4.78 is 13.1. The highest BCUT2D eigenvalue weighted by molar-refractivity contribution is 6.17. The molecule has 1 unspecified atom stereocenters. The highest BCUT2D eigenvalue weighted by Gasteiger charge is 2.29. The largest absolute Gasteiger partial charge is 0.336 e. The van der Waals surface area contributed by atoms with Crippen LogP contribution in [0.25, 0.3) is 0 Å². The smallest absolute Gasteiger partial charge is 0.254 e. The molecule has 0 aliphatic carbocycles. The fraction of sp³-hybridized carbons (Fsp3) is 0.533. The van der Waals surface area contributed by atoms with E-state index in [1.54, 1.807) is 13.0 Å². The number of halogens is 2. The molecule has 0 spiro atoms. The average Bonchev–Trinajstić information content (AvgIpc) is 2.83. The van der Waals surface area contributed by atoms with Gasteiger partial charge in [-0.05, 0) is 56.4 Å². The predicted octanol–water partition coefficient (Wildman–Crippen LogP) is 3.76. The van der Waals surface area contributed by atoms with Crippen molar-refractivity contribution in [2.24, 2.45) is 0 Å². The van der Waals surface area contributed by atoms with Crippen LogP contribution in [-0.4, -0.2) is 29.3 Å². The van der Waals surface area contributed by atoms with Crippen LogP contribution in [0.4, 0.5) is 4.39 Å². The van der Waals surface area contributed by atoms with E-state index in [4.69, 9.17) is 11.6 Å². The van der Waals surface area contributed by atoms with Gasteiger partial charge in [0, 0.05) is 24.0 Å². The normalized spacial score (nSPS) is 18.9. The molecule has 1 aromatic carbocycles. The number of nitrogens with zero attached hydrogens (tertiary/aromatic N) is 1. The number of hydrogen-bond donors (Lipinski definition) is 0. The summed E-state index contributed by atoms with van der Waals surface area (Å²) in [6, 6.07) is 4.64. The fourth-order valence-corrected chi connectivity index (χ4v) is 2.89. The zero-order chi connectivity index (χ0) is 13.8. The van der Waals surface area contributed by atoms with E-state index in [1.807, 2.05) is 4.90 Å². The standard InChI is InChI=1S/C15H19ClFNO/c1-11-10-12(17)6-7-14(11)15(19)18-9-3-5-13(18)4-2-8-16/h6-7,10,13H,2-5,8-9H2,1H3. The highest BCUT2D eigenvalue weighted by atomic mass is 35.5. The lowest BCUT2D eigenvalue weighted by Gasteiger charge is -2.25. The lowest BCUT2D eigenvalue weighted by Crippen LogP contribution is -2.36. The van der Waals surface area contributed by atoms with Gasteiger partial charge in [0.25, 0.3) is 5.91 Å². The van der Waals surface area contributed by atoms with E-state index in [-0.39, 0.29) is 17.8 Å². The summed E-state index contributed by atoms with van der Waals surface area (Å²) in [4.78, 5) is 14.4. The Balaban J connectivity index is 2.13. The molecule has 0 saturated carbocycles. The summed E-state index contributed by atoms with van der Waals surface area (Å²) in [5.41, 5.74) is 1.31. The Labute approximate surface area is 118 Å². The molecule has 1 aromatic rings. The van der Waals surface area contributed by atoms with Crippen molar-refractivity contribution >= 4 is 17.5 Å². The van der Waals surface area contributed by atoms with Crippen LogP contribution in [0.3, 0.4) is 0 Å². The second-order valence-corrected chi connectivity index (χ2v) is 5.46. The quantitative estimate of drug-likeness (QED) is 0.771. The Bertz CT molecular complexity index is 463. The van der Waals surface area contributed by atoms with Gasteiger partial charge >= 0.3 is 0 Å². The number of rotatable bonds is 4. The first kappa shape index (κ1) is 14.3. The number of likely N-dealkylation sites (tertiary alicyclic amines) is 1. The van der Waals surface area contributed by atoms with Crippen molar-refractivity contribution in [3.63, 3.8) is 0 Å². The van der Waals surface area contributed by atoms with Gasteiger partial charge in [0.15, 0.2) is 0 Å². The second-order valence-electron chi connectivity index (χ2n) is 5.09. The SMILES string of the molecule is Cc1cc(F)ccc1C(=O)N1CCCC1CCCCl. The van der Waals surface area contributed by atoms with Gasteiger partial charge in [0.1, 0.15) is 5.82 Å². The third-order valence-electron chi connectivity index (χ3n) is 3.73. The monoisotopic (exact) mass is 283 g/mol. The van der Waals surface area contributed by atoms with Crippen molar-refractivity contribution < 1.29 is 9.18 Å². The van der Waals surface area contributed by atoms with E-state index >= 15 is 0 Å². The molecule has 1 aliphatic heterocycles. The van der Waals surface area contributed by atoms with Crippen molar-refractivity contribution in [2.75, 3.05) is 12.4 Å². The summed E-state index contributed by atoms with van der Waals surface area (Å²) in [7, 11) is 0. The first-order valence-corrected chi connectivity index (χ1v) is 7.30. The predicted molar refractivity (Wildman–Crippen MR) is 75.1 cm³/mol. The molecular formula is C15H19ClFNO. The minimum atomic E-state index is -0.297. The molecule has 1 aliphatic rings. The Morgan fingerprint density at radius 2 is 2.32 bits per heavy atom. The van der Waals surface area contributed by atoms with E-state index in [0.717, 1.165) is 32.2 Å². The molecule has 0 bridgehead atoms. The molecule has 1 atom stereocenters. The van der Waals surface area contributed by atoms with Crippen molar-refractivity contribution in [2.45, 2.75) is 38.6 Å². The lowest BCUT2D eigenvalue weighted by molar-refractivity contribution is 0.0729. The van der Waals surface area contributed by atoms with E-state index in [1.165, 1.54) is 12.1 Å². The number of carbonyl (C=O) groups excluding carboxylic acids is 1. The molecule has 104 valence electrons. The first-order valence-electron chi connectivity index (χ1n) is 6.76. The Kier molecular flexibility index (Phi) is 4.81. The summed E-state index contributed by atoms with van der Waals surface area (Å²) in [5.74, 6) is 0.359. The molecule has 1 saturated heterocycles. The summed E-state index contributed by atoms with van der Waals surface area (Å²) in [5, 5.41) is 0. The van der Waals surface area contributed by atoms with Crippen LogP contribution >= 0.6 is 11.6 Å². The molecule has 0 N–H and O–H groups in total. The number of amides is 1. The molecule has 2 nitrogen and oxygen atoms in total. The third-order valence-corrected chi connectivity index (χ3v) is 4.00. The summed E-state index contributed by atoms with van der Waals surface area (Å²) >= 11 is 5.72. The second kappa shape index (κ2) is 6.38. The van der Waals surface area contributed by atoms with Gasteiger partial charge < -0.3 is 4.90 Å². The number of hydrogen-bond acceptors (Lipinski definition) is 1. The minimum absolute atomic E-state index is 0.0228. The van der Waals surface area contributed by atoms with E-state index < -0.39 is 0 Å². The van der Waals surface area contributed by atoms with Gasteiger partial charge in [-0.25, -0.2) is 4.39 Å². The summed E-state index contributed by atoms with van der Waals surface area (Å²) in [6.45, 7) is 2.57. The molecular weight excluding hydrogens is 265 g/mol. The van der Waals surface area contributed by atoms with Crippen LogP contribution in [0.5, 0.6) is 0 Å². The zero-order valence-corrected chi connectivity index (χ0v) is 11.9. The molecule has 1 amide bonds. The van der Waals surface area contributed by atoms with Crippen LogP contribution in [0.1, 0.15) is 41.6 Å². The molecule has 4 heteroatoms. The van der Waals surface area contributed by atoms with E-state index in [0.29, 0.717) is 17.0 Å². The van der Waals surface area contributed by atoms with Crippen molar-refractivity contribution in [1.82, 2.24) is 4.90 Å². The van der Waals surface area contributed by atoms with E-state index in [9.17, 15) is 9.18 Å². The van der Waals surface area contributed by atoms with Gasteiger partial charge in [-0.15, -0.1) is 11.6 Å². The van der Waals surface area contributed by atoms with Crippen LogP contribution in [0.15, 0.2) is 18.2 Å². The Morgan fingerprint density at radius 3 is 3.00 bits per heavy atom. The minimum Gasteiger partial charge on any atom is -0.336 e. The van der Waals surface area contributed by atoms with Crippen LogP contribution in [-0.2, 0) is 0 Å². The molecule has 1 heterocycles. The number of carbonyl (C=O) groups is 1. The molecule has 1 fully saturated rings. The van der Waals surface area contributed by atoms with Crippen molar-refractivity contribution in [3.8, 4) is 0 Å². The van der Waals surface area contributed by atoms with Gasteiger partial charge in [-0.3, -0.25) is 4.79 Å². The van der Waals surface area contributed by atoms with Gasteiger partial charge in [0.2, 0.25) is 0 Å². The van der Waals surface area contributed by atoms with Crippen molar-refractivity contribution in [3.05, 3.63) is 35.1 Å². The first-order chi connectivity index (χ1) is 9.13.